The molecule has 1 amide bonds. The number of carbonyl (C=O) groups excluding carboxylic acids is 1. The summed E-state index contributed by atoms with van der Waals surface area (Å²) in [4.78, 5) is 43.2. The lowest BCUT2D eigenvalue weighted by Crippen LogP contribution is -2.46. The third-order valence-electron chi connectivity index (χ3n) is 7.29. The van der Waals surface area contributed by atoms with Gasteiger partial charge in [-0.2, -0.15) is 0 Å². The second kappa shape index (κ2) is 9.59. The van der Waals surface area contributed by atoms with E-state index in [9.17, 15) is 19.5 Å². The van der Waals surface area contributed by atoms with Crippen LogP contribution in [0, 0.1) is 11.2 Å². The van der Waals surface area contributed by atoms with Crippen LogP contribution >= 0.6 is 0 Å². The molecular formula is C27H30FN5O4. The first-order valence-electron chi connectivity index (χ1n) is 12.5. The van der Waals surface area contributed by atoms with Crippen molar-refractivity contribution in [1.82, 2.24) is 14.9 Å². The van der Waals surface area contributed by atoms with Crippen molar-refractivity contribution in [1.29, 1.82) is 0 Å². The fourth-order valence-electron chi connectivity index (χ4n) is 4.98. The molecule has 194 valence electrons. The number of nitrogens with two attached hydrogens (primary N) is 1. The Bertz CT molecular complexity index is 1420. The van der Waals surface area contributed by atoms with Crippen LogP contribution in [0.3, 0.4) is 0 Å². The maximum absolute atomic E-state index is 15.2. The maximum Gasteiger partial charge on any atom is 0.341 e. The van der Waals surface area contributed by atoms with E-state index < -0.39 is 23.3 Å². The van der Waals surface area contributed by atoms with Crippen LogP contribution < -0.4 is 21.4 Å². The molecule has 1 aliphatic carbocycles. The lowest BCUT2D eigenvalue weighted by molar-refractivity contribution is -0.122. The van der Waals surface area contributed by atoms with Crippen LogP contribution in [0.5, 0.6) is 0 Å². The van der Waals surface area contributed by atoms with Crippen molar-refractivity contribution in [3.63, 3.8) is 0 Å². The van der Waals surface area contributed by atoms with E-state index in [2.05, 4.69) is 10.3 Å². The van der Waals surface area contributed by atoms with E-state index in [-0.39, 0.29) is 34.1 Å². The van der Waals surface area contributed by atoms with E-state index in [4.69, 9.17) is 5.73 Å². The van der Waals surface area contributed by atoms with E-state index in [0.29, 0.717) is 38.1 Å². The summed E-state index contributed by atoms with van der Waals surface area (Å²) in [6.45, 7) is 3.39. The van der Waals surface area contributed by atoms with Gasteiger partial charge in [0.15, 0.2) is 11.6 Å². The van der Waals surface area contributed by atoms with E-state index in [1.807, 2.05) is 42.2 Å². The number of hydrogen-bond donors (Lipinski definition) is 3. The molecule has 0 radical (unpaired) electrons. The standard InChI is InChI=1S/C27H30FN5O4/c1-27(14-30-25(35)21(29)11-16-5-3-2-4-6-16)9-10-32(15-27)24-20(28)12-18-22(34)19(26(36)37)13-33(17-7-8-17)23(18)31-24/h2-6,12-13,17,21H,7-11,14-15,29H2,1H3,(H,30,35)(H,36,37)/t21-,27+/m1/s1. The average Bonchev–Trinajstić information content (AvgIpc) is 3.64. The number of carboxylic acid groups (broad SMARTS) is 1. The van der Waals surface area contributed by atoms with Gasteiger partial charge in [-0.1, -0.05) is 37.3 Å². The Hall–Kier alpha value is -3.79. The van der Waals surface area contributed by atoms with Crippen molar-refractivity contribution in [3.8, 4) is 0 Å². The van der Waals surface area contributed by atoms with Gasteiger partial charge < -0.3 is 25.6 Å². The predicted octanol–water partition coefficient (Wildman–Crippen LogP) is 2.47. The fourth-order valence-corrected chi connectivity index (χ4v) is 4.98. The number of hydrogen-bond acceptors (Lipinski definition) is 6. The highest BCUT2D eigenvalue weighted by Crippen LogP contribution is 2.38. The molecule has 3 heterocycles. The molecule has 1 saturated carbocycles. The van der Waals surface area contributed by atoms with E-state index in [1.54, 1.807) is 4.57 Å². The van der Waals surface area contributed by atoms with Gasteiger partial charge in [0, 0.05) is 37.3 Å². The van der Waals surface area contributed by atoms with Crippen LogP contribution in [0.15, 0.2) is 47.4 Å². The first-order valence-corrected chi connectivity index (χ1v) is 12.5. The molecule has 2 aromatic heterocycles. The summed E-state index contributed by atoms with van der Waals surface area (Å²) in [5.74, 6) is -2.12. The zero-order valence-electron chi connectivity index (χ0n) is 20.6. The summed E-state index contributed by atoms with van der Waals surface area (Å²) < 4.78 is 16.9. The summed E-state index contributed by atoms with van der Waals surface area (Å²) in [6, 6.07) is 10.1. The van der Waals surface area contributed by atoms with E-state index >= 15 is 4.39 Å². The molecule has 9 nitrogen and oxygen atoms in total. The topological polar surface area (TPSA) is 131 Å². The van der Waals surface area contributed by atoms with Crippen LogP contribution in [-0.2, 0) is 11.2 Å². The number of carbonyl (C=O) groups is 2. The first-order chi connectivity index (χ1) is 17.6. The highest BCUT2D eigenvalue weighted by atomic mass is 19.1. The number of nitrogens with zero attached hydrogens (tertiary/aromatic N) is 3. The lowest BCUT2D eigenvalue weighted by Gasteiger charge is -2.26. The minimum absolute atomic E-state index is 0.0327. The number of rotatable bonds is 8. The number of aromatic nitrogens is 2. The van der Waals surface area contributed by atoms with Crippen molar-refractivity contribution in [2.45, 2.75) is 44.7 Å². The molecule has 1 saturated heterocycles. The third-order valence-corrected chi connectivity index (χ3v) is 7.29. The Morgan fingerprint density at radius 3 is 2.70 bits per heavy atom. The molecule has 37 heavy (non-hydrogen) atoms. The van der Waals surface area contributed by atoms with E-state index in [0.717, 1.165) is 24.5 Å². The quantitative estimate of drug-likeness (QED) is 0.427. The molecular weight excluding hydrogens is 477 g/mol. The molecule has 2 fully saturated rings. The number of fused-ring (bicyclic) bond motifs is 1. The smallest absolute Gasteiger partial charge is 0.341 e. The summed E-state index contributed by atoms with van der Waals surface area (Å²) in [5, 5.41) is 12.3. The summed E-state index contributed by atoms with van der Waals surface area (Å²) in [7, 11) is 0. The van der Waals surface area contributed by atoms with Gasteiger partial charge in [-0.25, -0.2) is 14.2 Å². The predicted molar refractivity (Wildman–Crippen MR) is 137 cm³/mol. The summed E-state index contributed by atoms with van der Waals surface area (Å²) in [5.41, 5.74) is 5.94. The molecule has 1 aliphatic heterocycles. The third kappa shape index (κ3) is 5.06. The van der Waals surface area contributed by atoms with Crippen LogP contribution in [-0.4, -0.2) is 52.2 Å². The van der Waals surface area contributed by atoms with Crippen molar-refractivity contribution in [2.75, 3.05) is 24.5 Å². The molecule has 5 rings (SSSR count). The van der Waals surface area contributed by atoms with Crippen molar-refractivity contribution < 1.29 is 19.1 Å². The monoisotopic (exact) mass is 507 g/mol. The molecule has 3 aromatic rings. The molecule has 0 bridgehead atoms. The molecule has 0 spiro atoms. The molecule has 4 N–H and O–H groups in total. The largest absolute Gasteiger partial charge is 0.477 e. The van der Waals surface area contributed by atoms with Crippen molar-refractivity contribution in [2.24, 2.45) is 11.1 Å². The van der Waals surface area contributed by atoms with Crippen molar-refractivity contribution in [3.05, 3.63) is 69.8 Å². The zero-order chi connectivity index (χ0) is 26.3. The zero-order valence-corrected chi connectivity index (χ0v) is 20.6. The maximum atomic E-state index is 15.2. The van der Waals surface area contributed by atoms with Gasteiger partial charge in [-0.15, -0.1) is 0 Å². The molecule has 1 aromatic carbocycles. The first kappa shape index (κ1) is 24.9. The van der Waals surface area contributed by atoms with Crippen molar-refractivity contribution >= 4 is 28.7 Å². The van der Waals surface area contributed by atoms with Crippen LogP contribution in [0.25, 0.3) is 11.0 Å². The number of halogens is 1. The molecule has 2 aliphatic rings. The van der Waals surface area contributed by atoms with Gasteiger partial charge in [0.1, 0.15) is 11.2 Å². The Morgan fingerprint density at radius 2 is 2.03 bits per heavy atom. The van der Waals surface area contributed by atoms with Gasteiger partial charge in [0.2, 0.25) is 11.3 Å². The fraction of sp³-hybridized carbons (Fsp3) is 0.407. The number of nitrogens with one attached hydrogen (secondary N) is 1. The number of pyridine rings is 2. The average molecular weight is 508 g/mol. The van der Waals surface area contributed by atoms with Crippen LogP contribution in [0.1, 0.15) is 48.1 Å². The Morgan fingerprint density at radius 1 is 1.30 bits per heavy atom. The Kier molecular flexibility index (Phi) is 6.45. The number of benzene rings is 1. The SMILES string of the molecule is C[C@@]1(CNC(=O)[C@H](N)Cc2ccccc2)CCN(c2nc3c(cc2F)c(=O)c(C(=O)O)cn3C2CC2)C1. The highest BCUT2D eigenvalue weighted by molar-refractivity contribution is 5.92. The van der Waals surface area contributed by atoms with Gasteiger partial charge in [0.25, 0.3) is 0 Å². The van der Waals surface area contributed by atoms with Gasteiger partial charge >= 0.3 is 5.97 Å². The number of aromatic carboxylic acids is 1. The van der Waals surface area contributed by atoms with E-state index in [1.165, 1.54) is 6.20 Å². The molecule has 10 heteroatoms. The minimum atomic E-state index is -1.34. The van der Waals surface area contributed by atoms with Gasteiger partial charge in [0.05, 0.1) is 11.4 Å². The highest BCUT2D eigenvalue weighted by Gasteiger charge is 2.37. The Labute approximate surface area is 213 Å². The normalized spacial score (nSPS) is 20.2. The Balaban J connectivity index is 1.32. The van der Waals surface area contributed by atoms with Crippen LogP contribution in [0.4, 0.5) is 10.2 Å². The number of carboxylic acids is 1. The van der Waals surface area contributed by atoms with Gasteiger partial charge in [-0.05, 0) is 37.3 Å². The summed E-state index contributed by atoms with van der Waals surface area (Å²) >= 11 is 0. The number of anilines is 1. The van der Waals surface area contributed by atoms with Crippen LogP contribution in [0.2, 0.25) is 0 Å². The summed E-state index contributed by atoms with van der Waals surface area (Å²) in [6.07, 6.45) is 4.15. The van der Waals surface area contributed by atoms with Gasteiger partial charge in [-0.3, -0.25) is 9.59 Å². The molecule has 2 atom stereocenters. The second-order valence-electron chi connectivity index (χ2n) is 10.5. The second-order valence-corrected chi connectivity index (χ2v) is 10.5. The lowest BCUT2D eigenvalue weighted by atomic mass is 9.89. The molecule has 0 unspecified atom stereocenters. The minimum Gasteiger partial charge on any atom is -0.477 e. The number of amides is 1.